The molecule has 0 unspecified atom stereocenters. The van der Waals surface area contributed by atoms with Crippen LogP contribution in [0.3, 0.4) is 0 Å². The zero-order valence-electron chi connectivity index (χ0n) is 24.1. The van der Waals surface area contributed by atoms with E-state index < -0.39 is 25.7 Å². The molecule has 0 saturated heterocycles. The number of aryl methyl sites for hydroxylation is 1. The van der Waals surface area contributed by atoms with E-state index in [4.69, 9.17) is 10.5 Å². The number of aromatic hydroxyl groups is 1. The van der Waals surface area contributed by atoms with Gasteiger partial charge in [-0.05, 0) is 67.1 Å². The first-order valence-corrected chi connectivity index (χ1v) is 14.7. The van der Waals surface area contributed by atoms with Gasteiger partial charge in [0.05, 0.1) is 38.7 Å². The number of benzene rings is 5. The number of nitrogen functional groups attached to an aromatic ring is 1. The molecule has 0 bridgehead atoms. The quantitative estimate of drug-likeness (QED) is 0.0326. The minimum atomic E-state index is -4.82. The maximum Gasteiger partial charge on any atom is 0.298 e. The Morgan fingerprint density at radius 1 is 0.809 bits per heavy atom. The highest BCUT2D eigenvalue weighted by Crippen LogP contribution is 2.45. The van der Waals surface area contributed by atoms with Crippen LogP contribution in [-0.2, 0) is 14.9 Å². The highest BCUT2D eigenvalue weighted by Gasteiger charge is 2.22. The largest absolute Gasteiger partial charge is 0.505 e. The van der Waals surface area contributed by atoms with Crippen LogP contribution in [-0.4, -0.2) is 29.5 Å². The van der Waals surface area contributed by atoms with Crippen LogP contribution < -0.4 is 10.5 Å². The fourth-order valence-electron chi connectivity index (χ4n) is 4.31. The van der Waals surface area contributed by atoms with Crippen LogP contribution in [0.4, 0.5) is 45.5 Å². The number of phenolic OH excluding ortho intramolecular Hbond substituents is 1. The SMILES string of the molecule is Cc1cc(N=Nc2ccc3c(S(=O)(=O)O)cc(N=Nc4ccc([N+](=O)[O-])cc4)c(O)c3c2N)ccc1N=Nc1cccc(OC=O)c1. The molecule has 0 radical (unpaired) electrons. The Labute approximate surface area is 265 Å². The van der Waals surface area contributed by atoms with Gasteiger partial charge in [0.15, 0.2) is 5.75 Å². The number of phenols is 1. The van der Waals surface area contributed by atoms with Crippen molar-refractivity contribution < 1.29 is 32.5 Å². The number of azo groups is 3. The number of nitrogens with two attached hydrogens (primary N) is 1. The third kappa shape index (κ3) is 7.27. The van der Waals surface area contributed by atoms with Gasteiger partial charge in [0, 0.05) is 23.6 Å². The summed E-state index contributed by atoms with van der Waals surface area (Å²) in [5.41, 5.74) is 7.97. The van der Waals surface area contributed by atoms with Crippen molar-refractivity contribution in [2.45, 2.75) is 11.8 Å². The number of nitro groups is 1. The van der Waals surface area contributed by atoms with E-state index in [-0.39, 0.29) is 39.2 Å². The van der Waals surface area contributed by atoms with E-state index in [2.05, 4.69) is 30.7 Å². The summed E-state index contributed by atoms with van der Waals surface area (Å²) in [5.74, 6) is -0.233. The maximum absolute atomic E-state index is 12.2. The zero-order chi connectivity index (χ0) is 33.7. The number of hydrogen-bond donors (Lipinski definition) is 3. The third-order valence-corrected chi connectivity index (χ3v) is 7.47. The minimum Gasteiger partial charge on any atom is -0.505 e. The highest BCUT2D eigenvalue weighted by molar-refractivity contribution is 7.86. The summed E-state index contributed by atoms with van der Waals surface area (Å²) in [6.07, 6.45) is 0. The molecule has 0 heterocycles. The lowest BCUT2D eigenvalue weighted by atomic mass is 10.1. The Morgan fingerprint density at radius 2 is 1.43 bits per heavy atom. The Kier molecular flexibility index (Phi) is 9.02. The second kappa shape index (κ2) is 13.3. The number of carbonyl (C=O) groups excluding carboxylic acids is 1. The monoisotopic (exact) mass is 654 g/mol. The molecule has 4 N–H and O–H groups in total. The summed E-state index contributed by atoms with van der Waals surface area (Å²) in [4.78, 5) is 20.3. The lowest BCUT2D eigenvalue weighted by molar-refractivity contribution is -0.384. The van der Waals surface area contributed by atoms with Crippen LogP contribution in [0, 0.1) is 17.0 Å². The number of nitrogens with zero attached hydrogens (tertiary/aromatic N) is 7. The molecule has 0 saturated carbocycles. The third-order valence-electron chi connectivity index (χ3n) is 6.58. The molecule has 0 fully saturated rings. The van der Waals surface area contributed by atoms with Crippen LogP contribution in [0.5, 0.6) is 11.5 Å². The van der Waals surface area contributed by atoms with Crippen LogP contribution in [0.25, 0.3) is 10.8 Å². The lowest BCUT2D eigenvalue weighted by Gasteiger charge is -2.12. The first-order chi connectivity index (χ1) is 22.4. The van der Waals surface area contributed by atoms with Crippen LogP contribution in [0.1, 0.15) is 5.56 Å². The van der Waals surface area contributed by atoms with E-state index in [9.17, 15) is 33.0 Å². The van der Waals surface area contributed by atoms with E-state index >= 15 is 0 Å². The Morgan fingerprint density at radius 3 is 2.09 bits per heavy atom. The number of ether oxygens (including phenoxy) is 1. The summed E-state index contributed by atoms with van der Waals surface area (Å²) in [5, 5.41) is 46.2. The molecule has 5 aromatic carbocycles. The van der Waals surface area contributed by atoms with Gasteiger partial charge in [-0.3, -0.25) is 19.5 Å². The van der Waals surface area contributed by atoms with Crippen molar-refractivity contribution in [3.8, 4) is 11.5 Å². The molecule has 5 rings (SSSR count). The molecule has 0 aliphatic heterocycles. The number of fused-ring (bicyclic) bond motifs is 1. The van der Waals surface area contributed by atoms with Crippen molar-refractivity contribution >= 4 is 72.9 Å². The fourth-order valence-corrected chi connectivity index (χ4v) is 5.02. The first-order valence-electron chi connectivity index (χ1n) is 13.3. The van der Waals surface area contributed by atoms with Gasteiger partial charge in [-0.2, -0.15) is 28.9 Å². The number of hydrogen-bond acceptors (Lipinski definition) is 14. The van der Waals surface area contributed by atoms with E-state index in [1.54, 1.807) is 49.4 Å². The van der Waals surface area contributed by atoms with E-state index in [0.717, 1.165) is 6.07 Å². The average Bonchev–Trinajstić information content (AvgIpc) is 3.03. The van der Waals surface area contributed by atoms with Gasteiger partial charge in [-0.25, -0.2) is 0 Å². The summed E-state index contributed by atoms with van der Waals surface area (Å²) >= 11 is 0. The molecule has 0 aliphatic carbocycles. The van der Waals surface area contributed by atoms with E-state index in [1.165, 1.54) is 36.4 Å². The maximum atomic E-state index is 12.2. The molecule has 17 heteroatoms. The van der Waals surface area contributed by atoms with Gasteiger partial charge >= 0.3 is 0 Å². The van der Waals surface area contributed by atoms with Crippen LogP contribution in [0.2, 0.25) is 0 Å². The molecular weight excluding hydrogens is 632 g/mol. The number of carbonyl (C=O) groups is 1. The molecule has 0 atom stereocenters. The predicted molar refractivity (Wildman–Crippen MR) is 170 cm³/mol. The van der Waals surface area contributed by atoms with Crippen molar-refractivity contribution in [2.24, 2.45) is 30.7 Å². The molecule has 0 amide bonds. The van der Waals surface area contributed by atoms with Gasteiger partial charge in [0.2, 0.25) is 0 Å². The molecule has 0 aromatic heterocycles. The lowest BCUT2D eigenvalue weighted by Crippen LogP contribution is -2.00. The van der Waals surface area contributed by atoms with E-state index in [0.29, 0.717) is 34.8 Å². The van der Waals surface area contributed by atoms with Crippen molar-refractivity contribution in [3.05, 3.63) is 101 Å². The number of anilines is 1. The standard InChI is InChI=1S/C30H22N8O8S/c1-17-13-20(7-11-24(17)35-33-19-3-2-4-22(14-19)46-16-39)34-36-25-12-10-23-27(47(43,44)45)15-26(30(40)28(23)29(25)31)37-32-18-5-8-21(9-6-18)38(41)42/h2-16,40H,31H2,1H3,(H,43,44,45). The molecule has 0 aliphatic rings. The Balaban J connectivity index is 1.46. The predicted octanol–water partition coefficient (Wildman–Crippen LogP) is 8.37. The Hall–Kier alpha value is -6.46. The normalized spacial score (nSPS) is 12.0. The minimum absolute atomic E-state index is 0.0670. The summed E-state index contributed by atoms with van der Waals surface area (Å²) in [6.45, 7) is 2.10. The number of non-ortho nitro benzene ring substituents is 1. The number of nitro benzene ring substituents is 1. The summed E-state index contributed by atoms with van der Waals surface area (Å²) in [7, 11) is -4.82. The van der Waals surface area contributed by atoms with Gasteiger partial charge in [-0.15, -0.1) is 10.2 Å². The van der Waals surface area contributed by atoms with Gasteiger partial charge in [0.25, 0.3) is 22.3 Å². The van der Waals surface area contributed by atoms with Crippen molar-refractivity contribution in [3.63, 3.8) is 0 Å². The van der Waals surface area contributed by atoms with Gasteiger partial charge in [0.1, 0.15) is 22.0 Å². The number of rotatable bonds is 10. The smallest absolute Gasteiger partial charge is 0.298 e. The average molecular weight is 655 g/mol. The molecule has 16 nitrogen and oxygen atoms in total. The molecule has 5 aromatic rings. The first kappa shape index (κ1) is 31.9. The summed E-state index contributed by atoms with van der Waals surface area (Å²) < 4.78 is 39.2. The topological polar surface area (TPSA) is 244 Å². The van der Waals surface area contributed by atoms with E-state index in [1.807, 2.05) is 0 Å². The summed E-state index contributed by atoms with van der Waals surface area (Å²) in [6, 6.07) is 20.0. The molecule has 236 valence electrons. The second-order valence-corrected chi connectivity index (χ2v) is 11.1. The second-order valence-electron chi connectivity index (χ2n) is 9.69. The van der Waals surface area contributed by atoms with Crippen molar-refractivity contribution in [1.29, 1.82) is 0 Å². The fraction of sp³-hybridized carbons (Fsp3) is 0.0333. The van der Waals surface area contributed by atoms with Crippen LogP contribution >= 0.6 is 0 Å². The van der Waals surface area contributed by atoms with Gasteiger partial charge in [-0.1, -0.05) is 12.1 Å². The van der Waals surface area contributed by atoms with Gasteiger partial charge < -0.3 is 15.6 Å². The van der Waals surface area contributed by atoms with Crippen LogP contribution in [0.15, 0.2) is 121 Å². The van der Waals surface area contributed by atoms with Crippen molar-refractivity contribution in [2.75, 3.05) is 5.73 Å². The molecule has 47 heavy (non-hydrogen) atoms. The highest BCUT2D eigenvalue weighted by atomic mass is 32.2. The molecular formula is C30H22N8O8S. The zero-order valence-corrected chi connectivity index (χ0v) is 24.9. The molecule has 0 spiro atoms. The van der Waals surface area contributed by atoms with Crippen molar-refractivity contribution in [1.82, 2.24) is 0 Å². The Bertz CT molecular complexity index is 2240.